The van der Waals surface area contributed by atoms with Crippen LogP contribution in [0.25, 0.3) is 0 Å². The lowest BCUT2D eigenvalue weighted by Crippen LogP contribution is -2.22. The number of nitrogens with zero attached hydrogens (tertiary/aromatic N) is 2. The summed E-state index contributed by atoms with van der Waals surface area (Å²) in [5.74, 6) is -0.220. The summed E-state index contributed by atoms with van der Waals surface area (Å²) in [6, 6.07) is 1.28. The maximum absolute atomic E-state index is 13.2. The van der Waals surface area contributed by atoms with Crippen LogP contribution in [-0.4, -0.2) is 36.1 Å². The van der Waals surface area contributed by atoms with Gasteiger partial charge in [-0.1, -0.05) is 11.6 Å². The molecule has 17 heavy (non-hydrogen) atoms. The van der Waals surface area contributed by atoms with Gasteiger partial charge in [-0.3, -0.25) is 0 Å². The summed E-state index contributed by atoms with van der Waals surface area (Å²) < 4.78 is 18.9. The lowest BCUT2D eigenvalue weighted by molar-refractivity contribution is 0.197. The Morgan fingerprint density at radius 3 is 3.06 bits per heavy atom. The average Bonchev–Trinajstić information content (AvgIpc) is 2.69. The average molecular weight is 260 g/mol. The second-order valence-electron chi connectivity index (χ2n) is 4.22. The SMILES string of the molecule is CN1CCC(Oc2nc(Cl)c(F)cc2CN)C1. The van der Waals surface area contributed by atoms with E-state index >= 15 is 0 Å². The Balaban J connectivity index is 2.17. The predicted octanol–water partition coefficient (Wildman–Crippen LogP) is 1.42. The van der Waals surface area contributed by atoms with Gasteiger partial charge in [0.25, 0.3) is 0 Å². The van der Waals surface area contributed by atoms with Gasteiger partial charge in [-0.05, 0) is 19.5 Å². The zero-order chi connectivity index (χ0) is 12.4. The fourth-order valence-corrected chi connectivity index (χ4v) is 2.02. The molecule has 0 aromatic carbocycles. The monoisotopic (exact) mass is 259 g/mol. The molecule has 1 aromatic rings. The number of likely N-dealkylation sites (N-methyl/N-ethyl adjacent to an activating group) is 1. The molecular weight excluding hydrogens is 245 g/mol. The molecule has 2 rings (SSSR count). The number of aromatic nitrogens is 1. The van der Waals surface area contributed by atoms with Gasteiger partial charge in [0.15, 0.2) is 11.0 Å². The molecule has 6 heteroatoms. The van der Waals surface area contributed by atoms with Crippen LogP contribution in [0.3, 0.4) is 0 Å². The molecule has 1 atom stereocenters. The topological polar surface area (TPSA) is 51.4 Å². The molecule has 0 spiro atoms. The number of rotatable bonds is 3. The van der Waals surface area contributed by atoms with Crippen LogP contribution < -0.4 is 10.5 Å². The van der Waals surface area contributed by atoms with E-state index in [0.717, 1.165) is 19.5 Å². The van der Waals surface area contributed by atoms with Gasteiger partial charge < -0.3 is 15.4 Å². The van der Waals surface area contributed by atoms with Crippen LogP contribution in [0.4, 0.5) is 4.39 Å². The molecular formula is C11H15ClFN3O. The summed E-state index contributed by atoms with van der Waals surface area (Å²) in [6.45, 7) is 2.00. The Morgan fingerprint density at radius 2 is 2.47 bits per heavy atom. The van der Waals surface area contributed by atoms with Gasteiger partial charge in [-0.15, -0.1) is 0 Å². The molecule has 94 valence electrons. The number of hydrogen-bond donors (Lipinski definition) is 1. The van der Waals surface area contributed by atoms with E-state index < -0.39 is 5.82 Å². The first-order valence-corrected chi connectivity index (χ1v) is 5.88. The van der Waals surface area contributed by atoms with E-state index in [1.807, 2.05) is 7.05 Å². The van der Waals surface area contributed by atoms with Crippen molar-refractivity contribution < 1.29 is 9.13 Å². The molecule has 1 aromatic heterocycles. The number of hydrogen-bond acceptors (Lipinski definition) is 4. The summed E-state index contributed by atoms with van der Waals surface area (Å²) in [6.07, 6.45) is 0.997. The summed E-state index contributed by atoms with van der Waals surface area (Å²) in [5, 5.41) is -0.177. The van der Waals surface area contributed by atoms with Crippen LogP contribution in [0.5, 0.6) is 5.88 Å². The third-order valence-electron chi connectivity index (χ3n) is 2.82. The van der Waals surface area contributed by atoms with Crippen molar-refractivity contribution in [1.29, 1.82) is 0 Å². The normalized spacial score (nSPS) is 20.8. The minimum Gasteiger partial charge on any atom is -0.473 e. The third-order valence-corrected chi connectivity index (χ3v) is 3.08. The highest BCUT2D eigenvalue weighted by Gasteiger charge is 2.23. The van der Waals surface area contributed by atoms with Crippen molar-refractivity contribution in [2.24, 2.45) is 5.73 Å². The van der Waals surface area contributed by atoms with Gasteiger partial charge in [-0.25, -0.2) is 4.39 Å². The van der Waals surface area contributed by atoms with Crippen LogP contribution in [0, 0.1) is 5.82 Å². The van der Waals surface area contributed by atoms with Crippen LogP contribution >= 0.6 is 11.6 Å². The van der Waals surface area contributed by atoms with Crippen LogP contribution in [0.2, 0.25) is 5.15 Å². The van der Waals surface area contributed by atoms with Gasteiger partial charge in [0.05, 0.1) is 0 Å². The molecule has 0 radical (unpaired) electrons. The van der Waals surface area contributed by atoms with Crippen molar-refractivity contribution in [3.05, 3.63) is 22.6 Å². The summed E-state index contributed by atoms with van der Waals surface area (Å²) in [5.41, 5.74) is 6.07. The first kappa shape index (κ1) is 12.5. The first-order chi connectivity index (χ1) is 8.10. The van der Waals surface area contributed by atoms with Crippen molar-refractivity contribution in [3.63, 3.8) is 0 Å². The standard InChI is InChI=1S/C11H15ClFN3O/c1-16-3-2-8(6-16)17-11-7(5-14)4-9(13)10(12)15-11/h4,8H,2-3,5-6,14H2,1H3. The highest BCUT2D eigenvalue weighted by atomic mass is 35.5. The van der Waals surface area contributed by atoms with E-state index in [-0.39, 0.29) is 17.8 Å². The minimum atomic E-state index is -0.567. The summed E-state index contributed by atoms with van der Waals surface area (Å²) >= 11 is 5.64. The van der Waals surface area contributed by atoms with Crippen molar-refractivity contribution in [3.8, 4) is 5.88 Å². The molecule has 0 saturated carbocycles. The van der Waals surface area contributed by atoms with E-state index in [9.17, 15) is 4.39 Å². The molecule has 2 heterocycles. The Hall–Kier alpha value is -0.910. The zero-order valence-electron chi connectivity index (χ0n) is 9.62. The third kappa shape index (κ3) is 2.86. The second-order valence-corrected chi connectivity index (χ2v) is 4.58. The molecule has 1 saturated heterocycles. The fraction of sp³-hybridized carbons (Fsp3) is 0.545. The Kier molecular flexibility index (Phi) is 3.81. The van der Waals surface area contributed by atoms with E-state index in [2.05, 4.69) is 9.88 Å². The number of ether oxygens (including phenoxy) is 1. The number of pyridine rings is 1. The number of likely N-dealkylation sites (tertiary alicyclic amines) is 1. The lowest BCUT2D eigenvalue weighted by atomic mass is 10.2. The molecule has 1 aliphatic rings. The van der Waals surface area contributed by atoms with Gasteiger partial charge in [0, 0.05) is 25.2 Å². The van der Waals surface area contributed by atoms with Gasteiger partial charge in [-0.2, -0.15) is 4.98 Å². The maximum Gasteiger partial charge on any atom is 0.219 e. The maximum atomic E-state index is 13.2. The Labute approximate surface area is 105 Å². The predicted molar refractivity (Wildman–Crippen MR) is 63.6 cm³/mol. The first-order valence-electron chi connectivity index (χ1n) is 5.50. The van der Waals surface area contributed by atoms with E-state index in [1.54, 1.807) is 0 Å². The largest absolute Gasteiger partial charge is 0.473 e. The Bertz CT molecular complexity index is 416. The number of halogens is 2. The van der Waals surface area contributed by atoms with Gasteiger partial charge in [0.1, 0.15) is 6.10 Å². The molecule has 0 amide bonds. The van der Waals surface area contributed by atoms with Crippen molar-refractivity contribution in [2.45, 2.75) is 19.1 Å². The van der Waals surface area contributed by atoms with Crippen molar-refractivity contribution in [2.75, 3.05) is 20.1 Å². The van der Waals surface area contributed by atoms with E-state index in [0.29, 0.717) is 11.4 Å². The van der Waals surface area contributed by atoms with Crippen LogP contribution in [-0.2, 0) is 6.54 Å². The van der Waals surface area contributed by atoms with Gasteiger partial charge in [0.2, 0.25) is 5.88 Å². The van der Waals surface area contributed by atoms with Crippen LogP contribution in [0.1, 0.15) is 12.0 Å². The highest BCUT2D eigenvalue weighted by molar-refractivity contribution is 6.29. The zero-order valence-corrected chi connectivity index (χ0v) is 10.4. The second kappa shape index (κ2) is 5.16. The lowest BCUT2D eigenvalue weighted by Gasteiger charge is -2.15. The van der Waals surface area contributed by atoms with E-state index in [4.69, 9.17) is 22.1 Å². The molecule has 0 bridgehead atoms. The molecule has 1 unspecified atom stereocenters. The molecule has 2 N–H and O–H groups in total. The Morgan fingerprint density at radius 1 is 1.71 bits per heavy atom. The van der Waals surface area contributed by atoms with Crippen molar-refractivity contribution >= 4 is 11.6 Å². The van der Waals surface area contributed by atoms with Gasteiger partial charge >= 0.3 is 0 Å². The smallest absolute Gasteiger partial charge is 0.219 e. The fourth-order valence-electron chi connectivity index (χ4n) is 1.89. The molecule has 4 nitrogen and oxygen atoms in total. The highest BCUT2D eigenvalue weighted by Crippen LogP contribution is 2.24. The van der Waals surface area contributed by atoms with Crippen molar-refractivity contribution in [1.82, 2.24) is 9.88 Å². The molecule has 1 aliphatic heterocycles. The van der Waals surface area contributed by atoms with Crippen LogP contribution in [0.15, 0.2) is 6.07 Å². The quantitative estimate of drug-likeness (QED) is 0.834. The number of nitrogens with two attached hydrogens (primary N) is 1. The minimum absolute atomic E-state index is 0.0688. The summed E-state index contributed by atoms with van der Waals surface area (Å²) in [7, 11) is 2.03. The molecule has 0 aliphatic carbocycles. The van der Waals surface area contributed by atoms with E-state index in [1.165, 1.54) is 6.07 Å². The summed E-state index contributed by atoms with van der Waals surface area (Å²) in [4.78, 5) is 6.07. The molecule has 1 fully saturated rings.